The van der Waals surface area contributed by atoms with Crippen LogP contribution in [-0.2, 0) is 0 Å². The van der Waals surface area contributed by atoms with Gasteiger partial charge in [-0.3, -0.25) is 4.79 Å². The van der Waals surface area contributed by atoms with Gasteiger partial charge in [-0.25, -0.2) is 4.98 Å². The molecular weight excluding hydrogens is 236 g/mol. The van der Waals surface area contributed by atoms with Crippen molar-refractivity contribution in [2.75, 3.05) is 31.9 Å². The molecule has 6 heteroatoms. The summed E-state index contributed by atoms with van der Waals surface area (Å²) in [6.45, 7) is 9.53. The molecule has 1 heterocycles. The van der Waals surface area contributed by atoms with Gasteiger partial charge < -0.3 is 16.0 Å². The van der Waals surface area contributed by atoms with Crippen LogP contribution in [0.1, 0.15) is 29.2 Å². The zero-order valence-corrected chi connectivity index (χ0v) is 11.4. The number of aryl methyl sites for hydroxylation is 1. The number of likely N-dealkylation sites (N-methyl/N-ethyl adjacent to an activating group) is 1. The third-order valence-electron chi connectivity index (χ3n) is 2.63. The van der Waals surface area contributed by atoms with Crippen LogP contribution < -0.4 is 11.1 Å². The minimum Gasteiger partial charge on any atom is -0.375 e. The number of rotatable bonds is 6. The van der Waals surface area contributed by atoms with E-state index in [1.165, 1.54) is 11.3 Å². The highest BCUT2D eigenvalue weighted by molar-refractivity contribution is 7.17. The number of amides is 1. The number of hydrogen-bond donors (Lipinski definition) is 2. The monoisotopic (exact) mass is 256 g/mol. The van der Waals surface area contributed by atoms with Gasteiger partial charge in [0, 0.05) is 13.1 Å². The summed E-state index contributed by atoms with van der Waals surface area (Å²) in [7, 11) is 0. The lowest BCUT2D eigenvalue weighted by atomic mass is 10.3. The second-order valence-electron chi connectivity index (χ2n) is 3.75. The van der Waals surface area contributed by atoms with Crippen LogP contribution in [0, 0.1) is 6.92 Å². The highest BCUT2D eigenvalue weighted by atomic mass is 32.1. The number of hydrogen-bond acceptors (Lipinski definition) is 5. The van der Waals surface area contributed by atoms with Gasteiger partial charge in [0.25, 0.3) is 5.91 Å². The zero-order chi connectivity index (χ0) is 12.8. The third-order valence-corrected chi connectivity index (χ3v) is 3.61. The molecule has 0 spiro atoms. The van der Waals surface area contributed by atoms with E-state index in [0.29, 0.717) is 22.2 Å². The Morgan fingerprint density at radius 2 is 2.12 bits per heavy atom. The molecule has 0 fully saturated rings. The molecule has 0 unspecified atom stereocenters. The van der Waals surface area contributed by atoms with E-state index in [-0.39, 0.29) is 5.91 Å². The maximum atomic E-state index is 11.8. The molecule has 0 aliphatic heterocycles. The fraction of sp³-hybridized carbons (Fsp3) is 0.636. The third kappa shape index (κ3) is 3.98. The maximum Gasteiger partial charge on any atom is 0.263 e. The minimum atomic E-state index is -0.0798. The molecule has 0 aromatic carbocycles. The maximum absolute atomic E-state index is 11.8. The largest absolute Gasteiger partial charge is 0.375 e. The van der Waals surface area contributed by atoms with E-state index >= 15 is 0 Å². The summed E-state index contributed by atoms with van der Waals surface area (Å²) < 4.78 is 0. The Morgan fingerprint density at radius 1 is 1.47 bits per heavy atom. The number of nitrogens with one attached hydrogen (secondary N) is 1. The first-order chi connectivity index (χ1) is 8.08. The van der Waals surface area contributed by atoms with Gasteiger partial charge in [-0.1, -0.05) is 25.2 Å². The summed E-state index contributed by atoms with van der Waals surface area (Å²) in [6.07, 6.45) is 0. The highest BCUT2D eigenvalue weighted by Gasteiger charge is 2.13. The van der Waals surface area contributed by atoms with Crippen molar-refractivity contribution >= 4 is 22.4 Å². The van der Waals surface area contributed by atoms with Gasteiger partial charge in [0.2, 0.25) is 0 Å². The number of thiazole rings is 1. The van der Waals surface area contributed by atoms with E-state index in [1.54, 1.807) is 6.92 Å². The number of anilines is 1. The summed E-state index contributed by atoms with van der Waals surface area (Å²) in [5, 5.41) is 3.33. The molecule has 1 rings (SSSR count). The van der Waals surface area contributed by atoms with E-state index < -0.39 is 0 Å². The molecule has 0 radical (unpaired) electrons. The first kappa shape index (κ1) is 13.9. The molecule has 0 aliphatic rings. The highest BCUT2D eigenvalue weighted by Crippen LogP contribution is 2.18. The fourth-order valence-electron chi connectivity index (χ4n) is 1.58. The minimum absolute atomic E-state index is 0.0798. The molecule has 0 atom stereocenters. The van der Waals surface area contributed by atoms with Crippen LogP contribution in [0.4, 0.5) is 5.13 Å². The Balaban J connectivity index is 2.42. The molecular formula is C11H20N4OS. The van der Waals surface area contributed by atoms with Crippen LogP contribution in [0.25, 0.3) is 0 Å². The zero-order valence-electron chi connectivity index (χ0n) is 10.6. The van der Waals surface area contributed by atoms with E-state index in [0.717, 1.165) is 19.6 Å². The van der Waals surface area contributed by atoms with Crippen molar-refractivity contribution in [1.29, 1.82) is 0 Å². The predicted octanol–water partition coefficient (Wildman–Crippen LogP) is 1.11. The van der Waals surface area contributed by atoms with E-state index in [4.69, 9.17) is 5.73 Å². The van der Waals surface area contributed by atoms with Crippen LogP contribution >= 0.6 is 11.3 Å². The Bertz CT molecular complexity index is 374. The molecule has 3 N–H and O–H groups in total. The molecule has 1 amide bonds. The second-order valence-corrected chi connectivity index (χ2v) is 4.78. The van der Waals surface area contributed by atoms with Crippen molar-refractivity contribution in [2.45, 2.75) is 20.8 Å². The Morgan fingerprint density at radius 3 is 2.59 bits per heavy atom. The van der Waals surface area contributed by atoms with Crippen LogP contribution in [-0.4, -0.2) is 42.0 Å². The SMILES string of the molecule is CCN(CC)CCNC(=O)c1sc(N)nc1C. The van der Waals surface area contributed by atoms with Crippen LogP contribution in [0.15, 0.2) is 0 Å². The summed E-state index contributed by atoms with van der Waals surface area (Å²) in [6, 6.07) is 0. The Labute approximate surface area is 106 Å². The van der Waals surface area contributed by atoms with E-state index in [1.807, 2.05) is 0 Å². The second kappa shape index (κ2) is 6.56. The molecule has 1 aromatic heterocycles. The standard InChI is InChI=1S/C11H20N4OS/c1-4-15(5-2)7-6-13-10(16)9-8(3)14-11(12)17-9/h4-7H2,1-3H3,(H2,12,14)(H,13,16). The number of nitrogens with two attached hydrogens (primary N) is 1. The number of carbonyl (C=O) groups is 1. The summed E-state index contributed by atoms with van der Waals surface area (Å²) >= 11 is 1.23. The van der Waals surface area contributed by atoms with Gasteiger partial charge in [-0.2, -0.15) is 0 Å². The number of nitrogens with zero attached hydrogens (tertiary/aromatic N) is 2. The number of carbonyl (C=O) groups excluding carboxylic acids is 1. The number of nitrogen functional groups attached to an aromatic ring is 1. The molecule has 17 heavy (non-hydrogen) atoms. The Hall–Kier alpha value is -1.14. The van der Waals surface area contributed by atoms with Crippen molar-refractivity contribution < 1.29 is 4.79 Å². The van der Waals surface area contributed by atoms with E-state index in [2.05, 4.69) is 29.0 Å². The van der Waals surface area contributed by atoms with Crippen molar-refractivity contribution in [2.24, 2.45) is 0 Å². The lowest BCUT2D eigenvalue weighted by Crippen LogP contribution is -2.34. The van der Waals surface area contributed by atoms with Gasteiger partial charge in [-0.15, -0.1) is 0 Å². The quantitative estimate of drug-likeness (QED) is 0.799. The average Bonchev–Trinajstić information content (AvgIpc) is 2.64. The lowest BCUT2D eigenvalue weighted by Gasteiger charge is -2.17. The van der Waals surface area contributed by atoms with Crippen molar-refractivity contribution in [1.82, 2.24) is 15.2 Å². The summed E-state index contributed by atoms with van der Waals surface area (Å²) in [5.74, 6) is -0.0798. The van der Waals surface area contributed by atoms with Gasteiger partial charge >= 0.3 is 0 Å². The Kier molecular flexibility index (Phi) is 5.37. The van der Waals surface area contributed by atoms with Crippen LogP contribution in [0.2, 0.25) is 0 Å². The molecule has 1 aromatic rings. The molecule has 0 aliphatic carbocycles. The molecule has 5 nitrogen and oxygen atoms in total. The lowest BCUT2D eigenvalue weighted by molar-refractivity contribution is 0.0952. The normalized spacial score (nSPS) is 10.8. The fourth-order valence-corrected chi connectivity index (χ4v) is 2.33. The smallest absolute Gasteiger partial charge is 0.263 e. The summed E-state index contributed by atoms with van der Waals surface area (Å²) in [5.41, 5.74) is 6.26. The van der Waals surface area contributed by atoms with Gasteiger partial charge in [0.1, 0.15) is 4.88 Å². The molecule has 96 valence electrons. The van der Waals surface area contributed by atoms with Crippen molar-refractivity contribution in [3.63, 3.8) is 0 Å². The van der Waals surface area contributed by atoms with Gasteiger partial charge in [0.15, 0.2) is 5.13 Å². The molecule has 0 saturated carbocycles. The van der Waals surface area contributed by atoms with Crippen molar-refractivity contribution in [3.05, 3.63) is 10.6 Å². The first-order valence-corrected chi connectivity index (χ1v) is 6.63. The van der Waals surface area contributed by atoms with Crippen molar-refractivity contribution in [3.8, 4) is 0 Å². The topological polar surface area (TPSA) is 71.2 Å². The molecule has 0 bridgehead atoms. The summed E-state index contributed by atoms with van der Waals surface area (Å²) in [4.78, 5) is 18.7. The number of aromatic nitrogens is 1. The first-order valence-electron chi connectivity index (χ1n) is 5.81. The van der Waals surface area contributed by atoms with Gasteiger partial charge in [0.05, 0.1) is 5.69 Å². The van der Waals surface area contributed by atoms with Gasteiger partial charge in [-0.05, 0) is 20.0 Å². The van der Waals surface area contributed by atoms with Crippen LogP contribution in [0.3, 0.4) is 0 Å². The average molecular weight is 256 g/mol. The van der Waals surface area contributed by atoms with Crippen LogP contribution in [0.5, 0.6) is 0 Å². The molecule has 0 saturated heterocycles. The van der Waals surface area contributed by atoms with E-state index in [9.17, 15) is 4.79 Å². The predicted molar refractivity (Wildman–Crippen MR) is 71.4 cm³/mol.